The van der Waals surface area contributed by atoms with Gasteiger partial charge in [-0.2, -0.15) is 5.10 Å². The number of hydrazone groups is 1. The molecule has 19 heavy (non-hydrogen) atoms. The number of benzene rings is 1. The average molecular weight is 284 g/mol. The number of hydrogen-bond donors (Lipinski definition) is 2. The lowest BCUT2D eigenvalue weighted by Gasteiger charge is -2.01. The smallest absolute Gasteiger partial charge is 0.329 e. The summed E-state index contributed by atoms with van der Waals surface area (Å²) in [7, 11) is 0. The first kappa shape index (κ1) is 14.8. The Bertz CT molecular complexity index is 511. The zero-order chi connectivity index (χ0) is 14.3. The molecule has 2 N–H and O–H groups in total. The van der Waals surface area contributed by atoms with Crippen LogP contribution in [0.1, 0.15) is 5.56 Å². The minimum atomic E-state index is -0.967. The van der Waals surface area contributed by atoms with Crippen LogP contribution in [-0.4, -0.2) is 24.6 Å². The van der Waals surface area contributed by atoms with E-state index in [9.17, 15) is 14.0 Å². The molecule has 0 aliphatic carbocycles. The molecule has 0 heterocycles. The molecule has 7 heteroatoms. The Hall–Kier alpha value is -2.21. The van der Waals surface area contributed by atoms with E-state index in [1.165, 1.54) is 24.3 Å². The molecule has 0 spiro atoms. The summed E-state index contributed by atoms with van der Waals surface area (Å²) in [6.45, 7) is 3.54. The van der Waals surface area contributed by atoms with Gasteiger partial charge in [-0.15, -0.1) is 6.58 Å². The number of nitrogens with one attached hydrogen (secondary N) is 2. The Morgan fingerprint density at radius 3 is 2.79 bits per heavy atom. The van der Waals surface area contributed by atoms with Crippen molar-refractivity contribution in [3.8, 4) is 0 Å². The van der Waals surface area contributed by atoms with Crippen LogP contribution >= 0.6 is 11.6 Å². The van der Waals surface area contributed by atoms with Gasteiger partial charge in [-0.25, -0.2) is 9.82 Å². The van der Waals surface area contributed by atoms with E-state index in [1.807, 2.05) is 5.43 Å². The molecule has 1 rings (SSSR count). The molecule has 0 saturated heterocycles. The van der Waals surface area contributed by atoms with Gasteiger partial charge < -0.3 is 5.32 Å². The summed E-state index contributed by atoms with van der Waals surface area (Å²) in [4.78, 5) is 22.3. The molecule has 0 atom stereocenters. The number of halogens is 2. The maximum atomic E-state index is 13.3. The van der Waals surface area contributed by atoms with E-state index >= 15 is 0 Å². The topological polar surface area (TPSA) is 70.6 Å². The fourth-order valence-electron chi connectivity index (χ4n) is 1.09. The Morgan fingerprint density at radius 2 is 2.16 bits per heavy atom. The van der Waals surface area contributed by atoms with Gasteiger partial charge in [0.25, 0.3) is 0 Å². The zero-order valence-corrected chi connectivity index (χ0v) is 10.6. The number of hydrogen-bond acceptors (Lipinski definition) is 3. The minimum absolute atomic E-state index is 0.0240. The van der Waals surface area contributed by atoms with E-state index in [-0.39, 0.29) is 17.1 Å². The summed E-state index contributed by atoms with van der Waals surface area (Å²) >= 11 is 5.74. The van der Waals surface area contributed by atoms with Crippen molar-refractivity contribution in [2.45, 2.75) is 0 Å². The third-order valence-electron chi connectivity index (χ3n) is 1.97. The van der Waals surface area contributed by atoms with E-state index in [4.69, 9.17) is 11.6 Å². The molecule has 0 aliphatic heterocycles. The number of rotatable bonds is 4. The summed E-state index contributed by atoms with van der Waals surface area (Å²) in [5.41, 5.74) is 1.98. The van der Waals surface area contributed by atoms with Gasteiger partial charge in [-0.1, -0.05) is 23.7 Å². The molecule has 0 fully saturated rings. The van der Waals surface area contributed by atoms with Gasteiger partial charge >= 0.3 is 11.8 Å². The third kappa shape index (κ3) is 4.51. The van der Waals surface area contributed by atoms with Crippen LogP contribution in [0.2, 0.25) is 5.02 Å². The van der Waals surface area contributed by atoms with Crippen molar-refractivity contribution in [2.24, 2.45) is 5.10 Å². The van der Waals surface area contributed by atoms with Crippen LogP contribution in [0.3, 0.4) is 0 Å². The Kier molecular flexibility index (Phi) is 5.69. The van der Waals surface area contributed by atoms with E-state index < -0.39 is 17.6 Å². The quantitative estimate of drug-likeness (QED) is 0.378. The largest absolute Gasteiger partial charge is 0.344 e. The molecule has 0 aromatic heterocycles. The van der Waals surface area contributed by atoms with Gasteiger partial charge in [0, 0.05) is 12.1 Å². The summed E-state index contributed by atoms with van der Waals surface area (Å²) in [5.74, 6) is -2.41. The van der Waals surface area contributed by atoms with Crippen LogP contribution in [0, 0.1) is 5.82 Å². The van der Waals surface area contributed by atoms with Crippen molar-refractivity contribution in [3.63, 3.8) is 0 Å². The van der Waals surface area contributed by atoms with Crippen molar-refractivity contribution in [1.29, 1.82) is 0 Å². The van der Waals surface area contributed by atoms with Crippen molar-refractivity contribution in [1.82, 2.24) is 10.7 Å². The maximum absolute atomic E-state index is 13.3. The molecule has 2 amide bonds. The van der Waals surface area contributed by atoms with Gasteiger partial charge in [-0.05, 0) is 12.1 Å². The lowest BCUT2D eigenvalue weighted by atomic mass is 10.2. The van der Waals surface area contributed by atoms with Gasteiger partial charge in [0.2, 0.25) is 0 Å². The zero-order valence-electron chi connectivity index (χ0n) is 9.82. The first-order valence-electron chi connectivity index (χ1n) is 5.22. The van der Waals surface area contributed by atoms with Gasteiger partial charge in [0.05, 0.1) is 11.2 Å². The molecule has 0 saturated carbocycles. The molecule has 0 unspecified atom stereocenters. The number of amides is 2. The Balaban J connectivity index is 2.61. The van der Waals surface area contributed by atoms with E-state index in [1.54, 1.807) is 0 Å². The molecular weight excluding hydrogens is 273 g/mol. The number of carbonyl (C=O) groups is 2. The molecule has 100 valence electrons. The highest BCUT2D eigenvalue weighted by molar-refractivity contribution is 6.35. The Labute approximate surface area is 114 Å². The highest BCUT2D eigenvalue weighted by atomic mass is 35.5. The monoisotopic (exact) mass is 283 g/mol. The van der Waals surface area contributed by atoms with Crippen LogP contribution < -0.4 is 10.7 Å². The van der Waals surface area contributed by atoms with Crippen LogP contribution in [0.5, 0.6) is 0 Å². The predicted molar refractivity (Wildman–Crippen MR) is 70.4 cm³/mol. The van der Waals surface area contributed by atoms with Crippen LogP contribution in [0.15, 0.2) is 36.0 Å². The summed E-state index contributed by atoms with van der Waals surface area (Å²) in [6, 6.07) is 4.12. The first-order valence-corrected chi connectivity index (χ1v) is 5.60. The van der Waals surface area contributed by atoms with E-state index in [0.29, 0.717) is 0 Å². The van der Waals surface area contributed by atoms with Crippen LogP contribution in [0.4, 0.5) is 4.39 Å². The van der Waals surface area contributed by atoms with Crippen molar-refractivity contribution in [2.75, 3.05) is 6.54 Å². The predicted octanol–water partition coefficient (Wildman–Crippen LogP) is 1.23. The summed E-state index contributed by atoms with van der Waals surface area (Å²) in [6.07, 6.45) is 2.45. The van der Waals surface area contributed by atoms with Gasteiger partial charge in [0.1, 0.15) is 5.82 Å². The van der Waals surface area contributed by atoms with E-state index in [2.05, 4.69) is 17.0 Å². The summed E-state index contributed by atoms with van der Waals surface area (Å²) in [5, 5.41) is 5.86. The number of nitrogens with zero attached hydrogens (tertiary/aromatic N) is 1. The highest BCUT2D eigenvalue weighted by Gasteiger charge is 2.11. The highest BCUT2D eigenvalue weighted by Crippen LogP contribution is 2.16. The molecule has 1 aromatic carbocycles. The van der Waals surface area contributed by atoms with Gasteiger partial charge in [0.15, 0.2) is 0 Å². The number of carbonyl (C=O) groups excluding carboxylic acids is 2. The molecule has 0 aliphatic rings. The second-order valence-electron chi connectivity index (χ2n) is 3.33. The van der Waals surface area contributed by atoms with Crippen molar-refractivity contribution < 1.29 is 14.0 Å². The first-order chi connectivity index (χ1) is 9.06. The second kappa shape index (κ2) is 7.27. The molecular formula is C12H11ClFN3O2. The normalized spacial score (nSPS) is 10.2. The fraction of sp³-hybridized carbons (Fsp3) is 0.0833. The molecule has 1 aromatic rings. The lowest BCUT2D eigenvalue weighted by Crippen LogP contribution is -2.37. The van der Waals surface area contributed by atoms with Crippen LogP contribution in [0.25, 0.3) is 0 Å². The van der Waals surface area contributed by atoms with E-state index in [0.717, 1.165) is 6.21 Å². The average Bonchev–Trinajstić information content (AvgIpc) is 2.39. The van der Waals surface area contributed by atoms with Crippen molar-refractivity contribution in [3.05, 3.63) is 47.3 Å². The molecule has 0 radical (unpaired) electrons. The lowest BCUT2D eigenvalue weighted by molar-refractivity contribution is -0.139. The fourth-order valence-corrected chi connectivity index (χ4v) is 1.30. The SMILES string of the molecule is C=CCNC(=O)C(=O)N/N=C/c1c(F)cccc1Cl. The maximum Gasteiger partial charge on any atom is 0.329 e. The minimum Gasteiger partial charge on any atom is -0.344 e. The second-order valence-corrected chi connectivity index (χ2v) is 3.74. The van der Waals surface area contributed by atoms with Crippen LogP contribution in [-0.2, 0) is 9.59 Å². The molecule has 5 nitrogen and oxygen atoms in total. The third-order valence-corrected chi connectivity index (χ3v) is 2.30. The molecule has 0 bridgehead atoms. The summed E-state index contributed by atoms with van der Waals surface area (Å²) < 4.78 is 13.3. The standard InChI is InChI=1S/C12H11ClFN3O2/c1-2-6-15-11(18)12(19)17-16-7-8-9(13)4-3-5-10(8)14/h2-5,7H,1,6H2,(H,15,18)(H,17,19)/b16-7+. The van der Waals surface area contributed by atoms with Gasteiger partial charge in [-0.3, -0.25) is 9.59 Å². The van der Waals surface area contributed by atoms with Crippen molar-refractivity contribution >= 4 is 29.6 Å². The Morgan fingerprint density at radius 1 is 1.42 bits per heavy atom.